The summed E-state index contributed by atoms with van der Waals surface area (Å²) in [5, 5.41) is 0. The molecule has 0 spiro atoms. The second-order valence-corrected chi connectivity index (χ2v) is 2.13. The molecule has 0 aliphatic heterocycles. The number of rotatable bonds is 0. The van der Waals surface area contributed by atoms with Crippen molar-refractivity contribution >= 4 is 45.4 Å². The predicted octanol–water partition coefficient (Wildman–Crippen LogP) is -0.422. The van der Waals surface area contributed by atoms with Gasteiger partial charge in [-0.05, 0) is 0 Å². The van der Waals surface area contributed by atoms with Gasteiger partial charge < -0.3 is 0 Å². The first-order valence-corrected chi connectivity index (χ1v) is 6.07. The van der Waals surface area contributed by atoms with Crippen molar-refractivity contribution in [3.63, 3.8) is 0 Å². The van der Waals surface area contributed by atoms with E-state index in [1.54, 1.807) is 0 Å². The third-order valence-corrected chi connectivity index (χ3v) is 0. The third-order valence-electron chi connectivity index (χ3n) is 0. The second kappa shape index (κ2) is 15.9. The third kappa shape index (κ3) is 20.5. The maximum atomic E-state index is 9.04. The molecule has 0 atom stereocenters. The SMILES string of the molecule is [BiH3].[Fe].[O]=[Ti][I]. The van der Waals surface area contributed by atoms with E-state index in [1.807, 2.05) is 19.2 Å². The summed E-state index contributed by atoms with van der Waals surface area (Å²) in [7, 11) is 0. The Labute approximate surface area is 79.6 Å². The molecule has 5 heteroatoms. The van der Waals surface area contributed by atoms with Crippen molar-refractivity contribution in [2.24, 2.45) is 0 Å². The monoisotopic (exact) mass is 459 g/mol. The van der Waals surface area contributed by atoms with Crippen LogP contribution in [-0.4, -0.2) is 26.2 Å². The van der Waals surface area contributed by atoms with Crippen molar-refractivity contribution < 1.29 is 35.8 Å². The van der Waals surface area contributed by atoms with Gasteiger partial charge in [-0.25, -0.2) is 0 Å². The molecular formula is H3BiFeIOTi. The molecule has 0 heterocycles. The maximum absolute atomic E-state index is 9.04. The Morgan fingerprint density at radius 3 is 1.60 bits per heavy atom. The molecule has 0 amide bonds. The van der Waals surface area contributed by atoms with Crippen LogP contribution in [0.4, 0.5) is 0 Å². The van der Waals surface area contributed by atoms with Gasteiger partial charge in [0.1, 0.15) is 0 Å². The van der Waals surface area contributed by atoms with E-state index in [4.69, 9.17) is 3.32 Å². The fourth-order valence-electron chi connectivity index (χ4n) is 0. The normalized spacial score (nSPS) is 1.80. The summed E-state index contributed by atoms with van der Waals surface area (Å²) >= 11 is 1.08. The topological polar surface area (TPSA) is 17.1 Å². The Bertz CT molecular complexity index is 19.1. The van der Waals surface area contributed by atoms with E-state index in [1.165, 1.54) is 0 Å². The first-order chi connectivity index (χ1) is 1.41. The van der Waals surface area contributed by atoms with E-state index in [9.17, 15) is 0 Å². The molecule has 33 valence electrons. The summed E-state index contributed by atoms with van der Waals surface area (Å²) in [5.41, 5.74) is 0. The molecule has 0 fully saturated rings. The average molecular weight is 459 g/mol. The van der Waals surface area contributed by atoms with Crippen molar-refractivity contribution in [1.29, 1.82) is 0 Å². The Kier molecular flexibility index (Phi) is 49.9. The van der Waals surface area contributed by atoms with E-state index in [0.717, 1.165) is 0 Å². The minimum atomic E-state index is -0.780. The van der Waals surface area contributed by atoms with Gasteiger partial charge in [-0.1, -0.05) is 0 Å². The first kappa shape index (κ1) is 15.6. The molecule has 1 nitrogen and oxygen atoms in total. The van der Waals surface area contributed by atoms with Crippen molar-refractivity contribution in [2.75, 3.05) is 0 Å². The molecule has 0 aromatic heterocycles. The van der Waals surface area contributed by atoms with Gasteiger partial charge in [0.2, 0.25) is 0 Å². The summed E-state index contributed by atoms with van der Waals surface area (Å²) in [4.78, 5) is 0. The van der Waals surface area contributed by atoms with E-state index < -0.39 is 15.4 Å². The molecule has 0 aromatic carbocycles. The van der Waals surface area contributed by atoms with Crippen LogP contribution in [0.15, 0.2) is 0 Å². The van der Waals surface area contributed by atoms with Crippen LogP contribution in [0.3, 0.4) is 0 Å². The van der Waals surface area contributed by atoms with Crippen molar-refractivity contribution in [3.05, 3.63) is 0 Å². The molecule has 0 aromatic rings. The molecule has 0 aliphatic rings. The zero-order chi connectivity index (χ0) is 2.71. The molecule has 0 radical (unpaired) electrons. The van der Waals surface area contributed by atoms with E-state index in [0.29, 0.717) is 0 Å². The van der Waals surface area contributed by atoms with E-state index in [2.05, 4.69) is 0 Å². The molecular weight excluding hydrogens is 456 g/mol. The zero-order valence-corrected chi connectivity index (χ0v) is 12.7. The van der Waals surface area contributed by atoms with E-state index in [-0.39, 0.29) is 43.3 Å². The Morgan fingerprint density at radius 1 is 1.60 bits per heavy atom. The Balaban J connectivity index is -0.0000000200. The Hall–Kier alpha value is 2.65. The van der Waals surface area contributed by atoms with Crippen LogP contribution in [0.1, 0.15) is 0 Å². The minimum absolute atomic E-state index is 0. The summed E-state index contributed by atoms with van der Waals surface area (Å²) in [5.74, 6) is 0. The molecule has 0 unspecified atom stereocenters. The van der Waals surface area contributed by atoms with Gasteiger partial charge >= 0.3 is 64.1 Å². The van der Waals surface area contributed by atoms with Gasteiger partial charge in [-0.2, -0.15) is 0 Å². The van der Waals surface area contributed by atoms with Crippen LogP contribution >= 0.6 is 19.2 Å². The van der Waals surface area contributed by atoms with Crippen LogP contribution in [0.25, 0.3) is 0 Å². The fourth-order valence-corrected chi connectivity index (χ4v) is 0. The quantitative estimate of drug-likeness (QED) is 0.356. The van der Waals surface area contributed by atoms with Gasteiger partial charge in [0, 0.05) is 17.1 Å². The van der Waals surface area contributed by atoms with Gasteiger partial charge in [-0.3, -0.25) is 0 Å². The van der Waals surface area contributed by atoms with Gasteiger partial charge in [-0.15, -0.1) is 0 Å². The molecule has 5 heavy (non-hydrogen) atoms. The molecule has 0 aliphatic carbocycles. The fraction of sp³-hybridized carbons (Fsp3) is 0. The number of halogens is 1. The molecule has 0 bridgehead atoms. The van der Waals surface area contributed by atoms with Gasteiger partial charge in [0.05, 0.1) is 0 Å². The van der Waals surface area contributed by atoms with Crippen LogP contribution in [0.5, 0.6) is 0 Å². The molecule has 0 saturated carbocycles. The van der Waals surface area contributed by atoms with Crippen molar-refractivity contribution in [1.82, 2.24) is 0 Å². The summed E-state index contributed by atoms with van der Waals surface area (Å²) in [6.45, 7) is 0. The van der Waals surface area contributed by atoms with Crippen LogP contribution in [0, 0.1) is 0 Å². The van der Waals surface area contributed by atoms with Crippen LogP contribution in [-0.2, 0) is 35.8 Å². The van der Waals surface area contributed by atoms with Crippen LogP contribution in [0.2, 0.25) is 0 Å². The predicted molar refractivity (Wildman–Crippen MR) is 24.6 cm³/mol. The van der Waals surface area contributed by atoms with Crippen molar-refractivity contribution in [3.8, 4) is 0 Å². The molecule has 0 rings (SSSR count). The summed E-state index contributed by atoms with van der Waals surface area (Å²) in [6, 6.07) is 0. The first-order valence-electron chi connectivity index (χ1n) is 0.393. The van der Waals surface area contributed by atoms with Gasteiger partial charge in [0.25, 0.3) is 0 Å². The number of hydrogen-bond acceptors (Lipinski definition) is 1. The second-order valence-electron chi connectivity index (χ2n) is 0.0772. The molecule has 0 saturated heterocycles. The zero-order valence-electron chi connectivity index (χ0n) is 2.35. The standard InChI is InChI=1S/Bi.Fe.HI.O.Ti.3H/h;;1H;;;;;/q;;;;+1;;;/p-1. The average Bonchev–Trinajstić information content (AvgIpc) is 0.918. The Morgan fingerprint density at radius 2 is 1.60 bits per heavy atom. The van der Waals surface area contributed by atoms with Gasteiger partial charge in [0.15, 0.2) is 0 Å². The molecule has 0 N–H and O–H groups in total. The van der Waals surface area contributed by atoms with Crippen LogP contribution < -0.4 is 0 Å². The summed E-state index contributed by atoms with van der Waals surface area (Å²) in [6.07, 6.45) is 0. The number of hydrogen-bond donors (Lipinski definition) is 0. The van der Waals surface area contributed by atoms with E-state index >= 15 is 0 Å². The summed E-state index contributed by atoms with van der Waals surface area (Å²) < 4.78 is 9.04. The van der Waals surface area contributed by atoms with Crippen molar-refractivity contribution in [2.45, 2.75) is 0 Å².